The Labute approximate surface area is 288 Å². The van der Waals surface area contributed by atoms with E-state index in [1.807, 2.05) is 0 Å². The number of rotatable bonds is 7. The number of Topliss-reactive ketones (excluding diaryl/α,β-unsaturated/α-hetero) is 3. The minimum atomic E-state index is -5.75. The second kappa shape index (κ2) is 12.4. The molecular weight excluding hydrogens is 707 g/mol. The Kier molecular flexibility index (Phi) is 10.1. The van der Waals surface area contributed by atoms with Gasteiger partial charge in [0, 0.05) is 17.8 Å². The van der Waals surface area contributed by atoms with Gasteiger partial charge in [0.1, 0.15) is 22.4 Å². The Bertz CT molecular complexity index is 1440. The Balaban J connectivity index is 1.89. The molecule has 0 saturated heterocycles. The van der Waals surface area contributed by atoms with E-state index in [9.17, 15) is 74.0 Å². The molecule has 292 valence electrons. The number of aliphatic hydroxyl groups is 3. The second-order valence-corrected chi connectivity index (χ2v) is 16.9. The number of carbonyl (C=O) groups excluding carboxylic acids is 4. The lowest BCUT2D eigenvalue weighted by atomic mass is 9.37. The molecule has 17 heteroatoms. The van der Waals surface area contributed by atoms with Crippen LogP contribution < -0.4 is 0 Å². The summed E-state index contributed by atoms with van der Waals surface area (Å²) in [5.74, 6) is -17.1. The second-order valence-electron chi connectivity index (χ2n) is 16.9. The van der Waals surface area contributed by atoms with Crippen molar-refractivity contribution in [1.82, 2.24) is 0 Å². The zero-order valence-corrected chi connectivity index (χ0v) is 29.1. The first-order valence-electron chi connectivity index (χ1n) is 16.9. The molecule has 0 spiro atoms. The van der Waals surface area contributed by atoms with Crippen LogP contribution in [0.25, 0.3) is 0 Å². The largest absolute Gasteiger partial charge is 0.460 e. The molecule has 4 aliphatic rings. The van der Waals surface area contributed by atoms with Gasteiger partial charge in [-0.05, 0) is 107 Å². The van der Waals surface area contributed by atoms with Crippen molar-refractivity contribution in [2.24, 2.45) is 46.3 Å². The standard InChI is InChI=1S/C34H45F9O8/c1-16(7-10-21(44)51-26(2,3)4)18-8-9-19-22-20(15-31(50,28(18,19)6)25(47)34(41,42)43)27(5)11-12-29(48,23(45)32(35,36)37)13-17(27)14-30(22,49)24(46)33(38,39)40/h16-20,22,48-50H,7-15H2,1-6H3. The zero-order chi connectivity index (χ0) is 39.3. The van der Waals surface area contributed by atoms with E-state index in [1.165, 1.54) is 13.8 Å². The average molecular weight is 753 g/mol. The van der Waals surface area contributed by atoms with Gasteiger partial charge < -0.3 is 20.1 Å². The minimum absolute atomic E-state index is 0.0242. The predicted octanol–water partition coefficient (Wildman–Crippen LogP) is 6.21. The van der Waals surface area contributed by atoms with E-state index >= 15 is 0 Å². The van der Waals surface area contributed by atoms with Gasteiger partial charge in [0.15, 0.2) is 0 Å². The highest BCUT2D eigenvalue weighted by Crippen LogP contribution is 2.74. The van der Waals surface area contributed by atoms with E-state index < -0.39 is 143 Å². The number of alkyl halides is 9. The molecular formula is C34H45F9O8. The van der Waals surface area contributed by atoms with E-state index in [1.54, 1.807) is 20.8 Å². The molecule has 11 unspecified atom stereocenters. The van der Waals surface area contributed by atoms with Crippen LogP contribution >= 0.6 is 0 Å². The molecule has 0 amide bonds. The molecule has 11 atom stereocenters. The summed E-state index contributed by atoms with van der Waals surface area (Å²) in [6.07, 6.45) is -22.7. The number of esters is 1. The number of fused-ring (bicyclic) bond motifs is 5. The molecule has 0 heterocycles. The molecule has 0 aromatic heterocycles. The molecule has 0 bridgehead atoms. The lowest BCUT2D eigenvalue weighted by molar-refractivity contribution is -0.280. The van der Waals surface area contributed by atoms with Crippen LogP contribution in [0.5, 0.6) is 0 Å². The number of ketones is 3. The van der Waals surface area contributed by atoms with Gasteiger partial charge in [-0.3, -0.25) is 19.2 Å². The summed E-state index contributed by atoms with van der Waals surface area (Å²) in [5.41, 5.74) is -14.8. The number of hydrogen-bond donors (Lipinski definition) is 3. The first kappa shape index (κ1) is 41.5. The molecule has 4 fully saturated rings. The fourth-order valence-corrected chi connectivity index (χ4v) is 10.7. The van der Waals surface area contributed by atoms with Gasteiger partial charge in [-0.25, -0.2) is 0 Å². The zero-order valence-electron chi connectivity index (χ0n) is 29.1. The maximum Gasteiger partial charge on any atom is 0.453 e. The topological polar surface area (TPSA) is 138 Å². The lowest BCUT2D eigenvalue weighted by Crippen LogP contribution is -2.75. The van der Waals surface area contributed by atoms with Gasteiger partial charge in [0.25, 0.3) is 17.3 Å². The van der Waals surface area contributed by atoms with Gasteiger partial charge in [-0.1, -0.05) is 20.8 Å². The van der Waals surface area contributed by atoms with Crippen molar-refractivity contribution in [3.8, 4) is 0 Å². The van der Waals surface area contributed by atoms with Gasteiger partial charge in [-0.15, -0.1) is 0 Å². The highest BCUT2D eigenvalue weighted by Gasteiger charge is 2.79. The number of halogens is 9. The molecule has 8 nitrogen and oxygen atoms in total. The van der Waals surface area contributed by atoms with Crippen molar-refractivity contribution in [2.75, 3.05) is 0 Å². The monoisotopic (exact) mass is 752 g/mol. The quantitative estimate of drug-likeness (QED) is 0.206. The summed E-state index contributed by atoms with van der Waals surface area (Å²) in [6, 6.07) is 0. The molecule has 4 aliphatic carbocycles. The van der Waals surface area contributed by atoms with Crippen LogP contribution in [0.4, 0.5) is 39.5 Å². The molecule has 3 N–H and O–H groups in total. The van der Waals surface area contributed by atoms with Crippen molar-refractivity contribution in [1.29, 1.82) is 0 Å². The summed E-state index contributed by atoms with van der Waals surface area (Å²) in [7, 11) is 0. The van der Waals surface area contributed by atoms with E-state index in [0.29, 0.717) is 0 Å². The third kappa shape index (κ3) is 6.74. The first-order valence-corrected chi connectivity index (χ1v) is 16.9. The van der Waals surface area contributed by atoms with Crippen LogP contribution in [-0.4, -0.2) is 79.6 Å². The highest BCUT2D eigenvalue weighted by molar-refractivity contribution is 5.95. The van der Waals surface area contributed by atoms with Crippen LogP contribution in [-0.2, 0) is 23.9 Å². The predicted molar refractivity (Wildman–Crippen MR) is 158 cm³/mol. The van der Waals surface area contributed by atoms with Gasteiger partial charge >= 0.3 is 24.5 Å². The Morgan fingerprint density at radius 2 is 1.27 bits per heavy atom. The van der Waals surface area contributed by atoms with Crippen LogP contribution in [0.1, 0.15) is 99.3 Å². The summed E-state index contributed by atoms with van der Waals surface area (Å²) < 4.78 is 132. The number of hydrogen-bond acceptors (Lipinski definition) is 8. The van der Waals surface area contributed by atoms with E-state index in [-0.39, 0.29) is 25.7 Å². The average Bonchev–Trinajstić information content (AvgIpc) is 3.32. The van der Waals surface area contributed by atoms with Gasteiger partial charge in [0.05, 0.1) is 0 Å². The minimum Gasteiger partial charge on any atom is -0.460 e. The lowest BCUT2D eigenvalue weighted by Gasteiger charge is -2.68. The summed E-state index contributed by atoms with van der Waals surface area (Å²) in [5, 5.41) is 35.2. The van der Waals surface area contributed by atoms with Crippen molar-refractivity contribution in [3.05, 3.63) is 0 Å². The molecule has 0 aliphatic heterocycles. The van der Waals surface area contributed by atoms with Crippen LogP contribution in [0.3, 0.4) is 0 Å². The summed E-state index contributed by atoms with van der Waals surface area (Å²) >= 11 is 0. The maximum absolute atomic E-state index is 14.4. The van der Waals surface area contributed by atoms with E-state index in [4.69, 9.17) is 4.74 Å². The van der Waals surface area contributed by atoms with Crippen LogP contribution in [0.2, 0.25) is 0 Å². The summed E-state index contributed by atoms with van der Waals surface area (Å²) in [6.45, 7) is 8.79. The van der Waals surface area contributed by atoms with Crippen molar-refractivity contribution >= 4 is 23.3 Å². The molecule has 51 heavy (non-hydrogen) atoms. The third-order valence-corrected chi connectivity index (χ3v) is 13.0. The fourth-order valence-electron chi connectivity index (χ4n) is 10.7. The SMILES string of the molecule is CC(CCC(=O)OC(C)(C)C)C1CCC2C3C(CC(O)(C(=O)C(F)(F)F)C12C)C1(C)CCC(O)(C(=O)C(F)(F)F)CC1CC3(O)C(=O)C(F)(F)F. The first-order chi connectivity index (χ1) is 22.7. The molecule has 0 aromatic rings. The Morgan fingerprint density at radius 3 is 1.76 bits per heavy atom. The van der Waals surface area contributed by atoms with E-state index in [2.05, 4.69) is 0 Å². The normalized spacial score (nSPS) is 40.8. The molecule has 4 saturated carbocycles. The summed E-state index contributed by atoms with van der Waals surface area (Å²) in [4.78, 5) is 51.4. The number of carbonyl (C=O) groups is 4. The van der Waals surface area contributed by atoms with Crippen molar-refractivity contribution < 1.29 is 78.7 Å². The molecule has 0 radical (unpaired) electrons. The number of ether oxygens (including phenoxy) is 1. The highest BCUT2D eigenvalue weighted by atomic mass is 19.4. The third-order valence-electron chi connectivity index (χ3n) is 13.0. The van der Waals surface area contributed by atoms with Crippen molar-refractivity contribution in [2.45, 2.75) is 140 Å². The van der Waals surface area contributed by atoms with Crippen molar-refractivity contribution in [3.63, 3.8) is 0 Å². The molecule has 0 aromatic carbocycles. The van der Waals surface area contributed by atoms with Crippen LogP contribution in [0.15, 0.2) is 0 Å². The maximum atomic E-state index is 14.4. The van der Waals surface area contributed by atoms with Gasteiger partial charge in [-0.2, -0.15) is 39.5 Å². The smallest absolute Gasteiger partial charge is 0.453 e. The van der Waals surface area contributed by atoms with E-state index in [0.717, 1.165) is 6.92 Å². The Hall–Kier alpha value is -2.27. The molecule has 4 rings (SSSR count). The Morgan fingerprint density at radius 1 is 0.745 bits per heavy atom. The van der Waals surface area contributed by atoms with Crippen LogP contribution in [0, 0.1) is 46.3 Å². The van der Waals surface area contributed by atoms with Gasteiger partial charge in [0.2, 0.25) is 0 Å². The fraction of sp³-hybridized carbons (Fsp3) is 0.882.